The predicted molar refractivity (Wildman–Crippen MR) is 111 cm³/mol. The number of H-pyrrole nitrogens is 1. The molecule has 1 aromatic carbocycles. The number of aryl methyl sites for hydroxylation is 2. The maximum atomic E-state index is 12.6. The summed E-state index contributed by atoms with van der Waals surface area (Å²) in [5.41, 5.74) is 2.99. The molecule has 10 heteroatoms. The Labute approximate surface area is 169 Å². The minimum Gasteiger partial charge on any atom is -0.340 e. The lowest BCUT2D eigenvalue weighted by molar-refractivity contribution is 0.382. The minimum absolute atomic E-state index is 0.183. The van der Waals surface area contributed by atoms with Crippen molar-refractivity contribution in [3.05, 3.63) is 54.0 Å². The Bertz CT molecular complexity index is 1070. The molecule has 0 unspecified atom stereocenters. The molecule has 0 saturated carbocycles. The third kappa shape index (κ3) is 4.22. The summed E-state index contributed by atoms with van der Waals surface area (Å²) in [5, 5.41) is 9.60. The number of hydrogen-bond acceptors (Lipinski definition) is 7. The lowest BCUT2D eigenvalue weighted by Gasteiger charge is -2.33. The maximum Gasteiger partial charge on any atom is 0.246 e. The summed E-state index contributed by atoms with van der Waals surface area (Å²) < 4.78 is 26.7. The third-order valence-corrected chi connectivity index (χ3v) is 6.66. The molecule has 9 nitrogen and oxygen atoms in total. The second kappa shape index (κ2) is 7.80. The zero-order chi connectivity index (χ0) is 20.4. The van der Waals surface area contributed by atoms with Crippen molar-refractivity contribution in [2.45, 2.75) is 18.7 Å². The quantitative estimate of drug-likeness (QED) is 0.659. The van der Waals surface area contributed by atoms with E-state index < -0.39 is 10.0 Å². The van der Waals surface area contributed by atoms with Gasteiger partial charge in [-0.3, -0.25) is 5.10 Å². The molecule has 29 heavy (non-hydrogen) atoms. The van der Waals surface area contributed by atoms with E-state index in [1.54, 1.807) is 0 Å². The number of benzene rings is 1. The fraction of sp³-hybridized carbons (Fsp3) is 0.316. The van der Waals surface area contributed by atoms with Crippen LogP contribution in [0.4, 0.5) is 17.5 Å². The first-order valence-electron chi connectivity index (χ1n) is 9.35. The summed E-state index contributed by atoms with van der Waals surface area (Å²) in [6, 6.07) is 9.98. The largest absolute Gasteiger partial charge is 0.340 e. The molecule has 0 radical (unpaired) electrons. The fourth-order valence-electron chi connectivity index (χ4n) is 3.20. The highest BCUT2D eigenvalue weighted by atomic mass is 32.2. The molecule has 0 bridgehead atoms. The van der Waals surface area contributed by atoms with Crippen molar-refractivity contribution in [1.29, 1.82) is 0 Å². The van der Waals surface area contributed by atoms with Crippen LogP contribution in [0, 0.1) is 13.8 Å². The molecule has 1 fully saturated rings. The van der Waals surface area contributed by atoms with E-state index in [0.29, 0.717) is 37.9 Å². The lowest BCUT2D eigenvalue weighted by Crippen LogP contribution is -2.49. The van der Waals surface area contributed by atoms with Gasteiger partial charge < -0.3 is 10.2 Å². The number of sulfonamides is 1. The number of hydrogen-bond donors (Lipinski definition) is 2. The zero-order valence-corrected chi connectivity index (χ0v) is 17.1. The summed E-state index contributed by atoms with van der Waals surface area (Å²) >= 11 is 0. The van der Waals surface area contributed by atoms with Crippen molar-refractivity contribution in [3.8, 4) is 0 Å². The molecular weight excluding hydrogens is 390 g/mol. The van der Waals surface area contributed by atoms with Crippen molar-refractivity contribution in [2.24, 2.45) is 0 Å². The van der Waals surface area contributed by atoms with E-state index in [0.717, 1.165) is 11.4 Å². The van der Waals surface area contributed by atoms with Gasteiger partial charge in [-0.2, -0.15) is 14.4 Å². The Morgan fingerprint density at radius 1 is 1.03 bits per heavy atom. The number of aromatic amines is 1. The van der Waals surface area contributed by atoms with Gasteiger partial charge in [-0.15, -0.1) is 0 Å². The number of piperazine rings is 1. The highest BCUT2D eigenvalue weighted by Gasteiger charge is 2.30. The smallest absolute Gasteiger partial charge is 0.246 e. The van der Waals surface area contributed by atoms with Crippen LogP contribution in [0.5, 0.6) is 0 Å². The van der Waals surface area contributed by atoms with Crippen LogP contribution in [0.25, 0.3) is 0 Å². The van der Waals surface area contributed by atoms with Crippen LogP contribution in [0.3, 0.4) is 0 Å². The van der Waals surface area contributed by atoms with E-state index in [1.165, 1.54) is 22.3 Å². The Hall–Kier alpha value is -2.98. The van der Waals surface area contributed by atoms with Gasteiger partial charge in [0, 0.05) is 49.8 Å². The topological polar surface area (TPSA) is 107 Å². The average Bonchev–Trinajstić information content (AvgIpc) is 3.25. The third-order valence-electron chi connectivity index (χ3n) is 4.80. The molecule has 3 aromatic rings. The standard InChI is InChI=1S/C19H23N7O2S/c1-14-3-5-16(6-4-14)23-18-11-15(2)22-19(24-18)25-7-9-26(10-8-25)29(27,28)17-12-20-21-13-17/h3-6,11-13H,7-10H2,1-2H3,(H,20,21)(H,22,23,24). The Morgan fingerprint density at radius 3 is 2.41 bits per heavy atom. The van der Waals surface area contributed by atoms with Crippen LogP contribution in [0.2, 0.25) is 0 Å². The highest BCUT2D eigenvalue weighted by molar-refractivity contribution is 7.89. The SMILES string of the molecule is Cc1ccc(Nc2cc(C)nc(N3CCN(S(=O)(=O)c4cn[nH]c4)CC3)n2)cc1. The first-order valence-corrected chi connectivity index (χ1v) is 10.8. The molecule has 2 aromatic heterocycles. The first kappa shape index (κ1) is 19.3. The number of nitrogens with zero attached hydrogens (tertiary/aromatic N) is 5. The summed E-state index contributed by atoms with van der Waals surface area (Å²) in [4.78, 5) is 11.4. The van der Waals surface area contributed by atoms with Gasteiger partial charge in [0.25, 0.3) is 0 Å². The lowest BCUT2D eigenvalue weighted by atomic mass is 10.2. The van der Waals surface area contributed by atoms with Crippen molar-refractivity contribution >= 4 is 27.5 Å². The summed E-state index contributed by atoms with van der Waals surface area (Å²) in [6.45, 7) is 5.74. The maximum absolute atomic E-state index is 12.6. The second-order valence-electron chi connectivity index (χ2n) is 7.01. The van der Waals surface area contributed by atoms with Gasteiger partial charge in [-0.05, 0) is 26.0 Å². The van der Waals surface area contributed by atoms with Gasteiger partial charge in [0.2, 0.25) is 16.0 Å². The van der Waals surface area contributed by atoms with Gasteiger partial charge in [0.15, 0.2) is 0 Å². The van der Waals surface area contributed by atoms with Gasteiger partial charge in [0.1, 0.15) is 10.7 Å². The van der Waals surface area contributed by atoms with Crippen LogP contribution < -0.4 is 10.2 Å². The molecule has 0 aliphatic carbocycles. The van der Waals surface area contributed by atoms with E-state index in [1.807, 2.05) is 49.1 Å². The normalized spacial score (nSPS) is 15.4. The Kier molecular flexibility index (Phi) is 5.20. The molecule has 1 saturated heterocycles. The van der Waals surface area contributed by atoms with Crippen molar-refractivity contribution in [1.82, 2.24) is 24.5 Å². The van der Waals surface area contributed by atoms with E-state index in [4.69, 9.17) is 0 Å². The number of rotatable bonds is 5. The summed E-state index contributed by atoms with van der Waals surface area (Å²) in [7, 11) is -3.53. The van der Waals surface area contributed by atoms with Crippen LogP contribution in [0.1, 0.15) is 11.3 Å². The first-order chi connectivity index (χ1) is 13.9. The molecule has 0 amide bonds. The molecule has 152 valence electrons. The van der Waals surface area contributed by atoms with E-state index >= 15 is 0 Å². The molecule has 4 rings (SSSR count). The molecule has 2 N–H and O–H groups in total. The van der Waals surface area contributed by atoms with Crippen molar-refractivity contribution in [3.63, 3.8) is 0 Å². The van der Waals surface area contributed by atoms with E-state index in [2.05, 4.69) is 25.5 Å². The Balaban J connectivity index is 1.47. The molecule has 3 heterocycles. The summed E-state index contributed by atoms with van der Waals surface area (Å²) in [6.07, 6.45) is 2.72. The molecule has 1 aliphatic rings. The Morgan fingerprint density at radius 2 is 1.76 bits per heavy atom. The molecule has 0 atom stereocenters. The van der Waals surface area contributed by atoms with Crippen LogP contribution in [0.15, 0.2) is 47.6 Å². The van der Waals surface area contributed by atoms with Crippen LogP contribution in [-0.2, 0) is 10.0 Å². The fourth-order valence-corrected chi connectivity index (χ4v) is 4.53. The number of anilines is 3. The molecule has 0 spiro atoms. The minimum atomic E-state index is -3.53. The van der Waals surface area contributed by atoms with Gasteiger partial charge in [0.05, 0.1) is 6.20 Å². The van der Waals surface area contributed by atoms with E-state index in [-0.39, 0.29) is 4.90 Å². The van der Waals surface area contributed by atoms with Gasteiger partial charge in [-0.25, -0.2) is 13.4 Å². The molecule has 1 aliphatic heterocycles. The van der Waals surface area contributed by atoms with Crippen molar-refractivity contribution < 1.29 is 8.42 Å². The number of aromatic nitrogens is 4. The average molecular weight is 414 g/mol. The van der Waals surface area contributed by atoms with Crippen LogP contribution in [-0.4, -0.2) is 59.1 Å². The number of nitrogens with one attached hydrogen (secondary N) is 2. The molecular formula is C19H23N7O2S. The van der Waals surface area contributed by atoms with Gasteiger partial charge in [-0.1, -0.05) is 17.7 Å². The van der Waals surface area contributed by atoms with Crippen LogP contribution >= 0.6 is 0 Å². The second-order valence-corrected chi connectivity index (χ2v) is 8.95. The predicted octanol–water partition coefficient (Wildman–Crippen LogP) is 2.07. The van der Waals surface area contributed by atoms with Crippen molar-refractivity contribution in [2.75, 3.05) is 36.4 Å². The van der Waals surface area contributed by atoms with Gasteiger partial charge >= 0.3 is 0 Å². The summed E-state index contributed by atoms with van der Waals surface area (Å²) in [5.74, 6) is 1.31. The zero-order valence-electron chi connectivity index (χ0n) is 16.3. The highest BCUT2D eigenvalue weighted by Crippen LogP contribution is 2.22. The van der Waals surface area contributed by atoms with E-state index in [9.17, 15) is 8.42 Å². The monoisotopic (exact) mass is 413 g/mol.